The zero-order valence-corrected chi connectivity index (χ0v) is 17.6. The third-order valence-corrected chi connectivity index (χ3v) is 5.83. The zero-order valence-electron chi connectivity index (χ0n) is 17.6. The number of pyridine rings is 1. The topological polar surface area (TPSA) is 72.3 Å². The van der Waals surface area contributed by atoms with Crippen LogP contribution in [0.4, 0.5) is 4.79 Å². The number of nitrogens with zero attached hydrogens (tertiary/aromatic N) is 4. The lowest BCUT2D eigenvalue weighted by atomic mass is 9.89. The Balaban J connectivity index is 1.33. The molecule has 1 saturated heterocycles. The minimum atomic E-state index is -0.461. The third kappa shape index (κ3) is 4.45. The van der Waals surface area contributed by atoms with Crippen LogP contribution >= 0.6 is 0 Å². The van der Waals surface area contributed by atoms with Gasteiger partial charge in [-0.2, -0.15) is 5.10 Å². The molecule has 0 radical (unpaired) electrons. The first-order valence-corrected chi connectivity index (χ1v) is 10.5. The number of rotatable bonds is 5. The van der Waals surface area contributed by atoms with Gasteiger partial charge in [0.05, 0.1) is 11.7 Å². The van der Waals surface area contributed by atoms with Crippen LogP contribution in [0.5, 0.6) is 0 Å². The highest BCUT2D eigenvalue weighted by atomic mass is 16.6. The summed E-state index contributed by atoms with van der Waals surface area (Å²) in [5.74, 6) is 0. The Morgan fingerprint density at radius 1 is 1.28 bits per heavy atom. The van der Waals surface area contributed by atoms with E-state index in [1.54, 1.807) is 4.90 Å². The normalized spacial score (nSPS) is 19.2. The first-order chi connectivity index (χ1) is 13.8. The van der Waals surface area contributed by atoms with Gasteiger partial charge in [0.2, 0.25) is 0 Å². The number of likely N-dealkylation sites (tertiary alicyclic amines) is 1. The van der Waals surface area contributed by atoms with Gasteiger partial charge in [-0.25, -0.2) is 4.79 Å². The summed E-state index contributed by atoms with van der Waals surface area (Å²) in [4.78, 5) is 18.1. The number of ether oxygens (including phenoxy) is 1. The molecule has 0 spiro atoms. The van der Waals surface area contributed by atoms with Gasteiger partial charge in [0.15, 0.2) is 0 Å². The second-order valence-electron chi connectivity index (χ2n) is 9.21. The predicted octanol–water partition coefficient (Wildman–Crippen LogP) is 3.63. The van der Waals surface area contributed by atoms with Gasteiger partial charge in [0, 0.05) is 43.8 Å². The van der Waals surface area contributed by atoms with Gasteiger partial charge >= 0.3 is 6.09 Å². The largest absolute Gasteiger partial charge is 0.444 e. The van der Waals surface area contributed by atoms with E-state index in [-0.39, 0.29) is 17.7 Å². The van der Waals surface area contributed by atoms with Gasteiger partial charge in [-0.05, 0) is 51.3 Å². The summed E-state index contributed by atoms with van der Waals surface area (Å²) in [6.45, 7) is 7.67. The van der Waals surface area contributed by atoms with Crippen LogP contribution in [0.3, 0.4) is 0 Å². The molecule has 29 heavy (non-hydrogen) atoms. The Morgan fingerprint density at radius 2 is 2.03 bits per heavy atom. The van der Waals surface area contributed by atoms with Gasteiger partial charge < -0.3 is 15.0 Å². The van der Waals surface area contributed by atoms with Crippen molar-refractivity contribution in [3.8, 4) is 0 Å². The average Bonchev–Trinajstić information content (AvgIpc) is 3.28. The van der Waals surface area contributed by atoms with Crippen LogP contribution < -0.4 is 5.32 Å². The van der Waals surface area contributed by atoms with E-state index in [1.165, 1.54) is 18.4 Å². The molecular weight excluding hydrogens is 366 g/mol. The van der Waals surface area contributed by atoms with Crippen molar-refractivity contribution in [3.63, 3.8) is 0 Å². The molecule has 1 saturated carbocycles. The number of hydrogen-bond acceptors (Lipinski definition) is 5. The van der Waals surface area contributed by atoms with E-state index in [0.29, 0.717) is 13.1 Å². The lowest BCUT2D eigenvalue weighted by Gasteiger charge is -2.39. The van der Waals surface area contributed by atoms with E-state index < -0.39 is 5.60 Å². The third-order valence-electron chi connectivity index (χ3n) is 5.83. The lowest BCUT2D eigenvalue weighted by Crippen LogP contribution is -2.52. The van der Waals surface area contributed by atoms with Crippen molar-refractivity contribution in [2.45, 2.75) is 70.2 Å². The second kappa shape index (κ2) is 7.78. The Hall–Kier alpha value is -2.41. The molecule has 1 aliphatic carbocycles. The van der Waals surface area contributed by atoms with Gasteiger partial charge in [-0.15, -0.1) is 0 Å². The van der Waals surface area contributed by atoms with Crippen molar-refractivity contribution in [3.05, 3.63) is 48.0 Å². The number of nitrogens with one attached hydrogen (secondary N) is 1. The van der Waals surface area contributed by atoms with E-state index in [4.69, 9.17) is 9.84 Å². The molecule has 3 heterocycles. The maximum absolute atomic E-state index is 12.1. The summed E-state index contributed by atoms with van der Waals surface area (Å²) in [7, 11) is 0. The molecular formula is C22H31N5O2. The Labute approximate surface area is 172 Å². The molecule has 2 aromatic rings. The number of amides is 1. The van der Waals surface area contributed by atoms with Crippen molar-refractivity contribution in [2.75, 3.05) is 13.1 Å². The van der Waals surface area contributed by atoms with Gasteiger partial charge in [0.25, 0.3) is 0 Å². The number of hydrogen-bond donors (Lipinski definition) is 1. The van der Waals surface area contributed by atoms with Crippen LogP contribution in [-0.2, 0) is 16.8 Å². The molecule has 7 nitrogen and oxygen atoms in total. The first kappa shape index (κ1) is 19.9. The predicted molar refractivity (Wildman–Crippen MR) is 110 cm³/mol. The average molecular weight is 398 g/mol. The van der Waals surface area contributed by atoms with Crippen LogP contribution in [0, 0.1) is 0 Å². The molecule has 1 N–H and O–H groups in total. The monoisotopic (exact) mass is 397 g/mol. The molecule has 0 bridgehead atoms. The van der Waals surface area contributed by atoms with Gasteiger partial charge in [-0.3, -0.25) is 9.67 Å². The van der Waals surface area contributed by atoms with Crippen LogP contribution in [0.25, 0.3) is 0 Å². The maximum atomic E-state index is 12.1. The Kier molecular flexibility index (Phi) is 5.34. The molecule has 156 valence electrons. The summed E-state index contributed by atoms with van der Waals surface area (Å²) >= 11 is 0. The fourth-order valence-corrected chi connectivity index (χ4v) is 4.22. The Bertz CT molecular complexity index is 830. The van der Waals surface area contributed by atoms with Crippen molar-refractivity contribution < 1.29 is 9.53 Å². The first-order valence-electron chi connectivity index (χ1n) is 10.5. The highest BCUT2D eigenvalue weighted by molar-refractivity contribution is 5.69. The molecule has 2 fully saturated rings. The second-order valence-corrected chi connectivity index (χ2v) is 9.21. The molecule has 0 aromatic carbocycles. The molecule has 0 unspecified atom stereocenters. The highest BCUT2D eigenvalue weighted by Crippen LogP contribution is 2.38. The fraction of sp³-hybridized carbons (Fsp3) is 0.591. The van der Waals surface area contributed by atoms with E-state index in [9.17, 15) is 4.79 Å². The molecule has 1 amide bonds. The lowest BCUT2D eigenvalue weighted by molar-refractivity contribution is -0.000438. The maximum Gasteiger partial charge on any atom is 0.410 e. The minimum Gasteiger partial charge on any atom is -0.444 e. The smallest absolute Gasteiger partial charge is 0.410 e. The van der Waals surface area contributed by atoms with Crippen molar-refractivity contribution in [1.29, 1.82) is 0 Å². The molecule has 2 aromatic heterocycles. The molecule has 0 atom stereocenters. The van der Waals surface area contributed by atoms with Crippen molar-refractivity contribution in [1.82, 2.24) is 25.0 Å². The van der Waals surface area contributed by atoms with Gasteiger partial charge in [-0.1, -0.05) is 18.9 Å². The molecule has 1 aliphatic heterocycles. The van der Waals surface area contributed by atoms with Crippen LogP contribution in [0.1, 0.15) is 63.8 Å². The van der Waals surface area contributed by atoms with Crippen LogP contribution in [-0.4, -0.2) is 44.4 Å². The quantitative estimate of drug-likeness (QED) is 0.834. The highest BCUT2D eigenvalue weighted by Gasteiger charge is 2.37. The molecule has 4 rings (SSSR count). The van der Waals surface area contributed by atoms with Crippen molar-refractivity contribution >= 4 is 6.09 Å². The zero-order chi connectivity index (χ0) is 20.5. The van der Waals surface area contributed by atoms with E-state index >= 15 is 0 Å². The summed E-state index contributed by atoms with van der Waals surface area (Å²) in [6.07, 6.45) is 10.3. The number of carbonyl (C=O) groups is 1. The summed E-state index contributed by atoms with van der Waals surface area (Å²) in [6, 6.07) is 6.47. The van der Waals surface area contributed by atoms with Crippen LogP contribution in [0.15, 0.2) is 36.8 Å². The van der Waals surface area contributed by atoms with Crippen LogP contribution in [0.2, 0.25) is 0 Å². The number of carbonyl (C=O) groups excluding carboxylic acids is 1. The van der Waals surface area contributed by atoms with Gasteiger partial charge in [0.1, 0.15) is 5.60 Å². The van der Waals surface area contributed by atoms with E-state index in [0.717, 1.165) is 25.1 Å². The minimum absolute atomic E-state index is 0.00201. The summed E-state index contributed by atoms with van der Waals surface area (Å²) < 4.78 is 7.40. The molecule has 7 heteroatoms. The van der Waals surface area contributed by atoms with E-state index in [1.807, 2.05) is 50.1 Å². The Morgan fingerprint density at radius 3 is 2.69 bits per heavy atom. The number of aromatic nitrogens is 3. The summed E-state index contributed by atoms with van der Waals surface area (Å²) in [5.41, 5.74) is 1.83. The van der Waals surface area contributed by atoms with Crippen molar-refractivity contribution in [2.24, 2.45) is 0 Å². The standard InChI is InChI=1S/C22H31N5O2/c1-21(2,3)29-20(28)26-15-19(16-26)27-12-8-18(25-27)14-24-22(9-4-5-10-22)17-7-6-11-23-13-17/h6-8,11-13,19,24H,4-5,9-10,14-16H2,1-3H3. The molecule has 2 aliphatic rings. The summed E-state index contributed by atoms with van der Waals surface area (Å²) in [5, 5.41) is 8.51. The SMILES string of the molecule is CC(C)(C)OC(=O)N1CC(n2ccc(CNC3(c4cccnc4)CCCC3)n2)C1. The van der Waals surface area contributed by atoms with E-state index in [2.05, 4.69) is 22.4 Å². The fourth-order valence-electron chi connectivity index (χ4n) is 4.22.